The number of hydrogen-bond acceptors (Lipinski definition) is 4. The molecule has 142 valence electrons. The van der Waals surface area contributed by atoms with Crippen LogP contribution in [-0.2, 0) is 4.79 Å². The second kappa shape index (κ2) is 10.1. The second-order valence-electron chi connectivity index (χ2n) is 6.14. The highest BCUT2D eigenvalue weighted by Gasteiger charge is 2.11. The first-order chi connectivity index (χ1) is 13.0. The van der Waals surface area contributed by atoms with Gasteiger partial charge in [-0.15, -0.1) is 0 Å². The van der Waals surface area contributed by atoms with Gasteiger partial charge in [0.1, 0.15) is 0 Å². The fourth-order valence-electron chi connectivity index (χ4n) is 2.41. The first-order valence-electron chi connectivity index (χ1n) is 8.92. The van der Waals surface area contributed by atoms with Crippen LogP contribution in [0.25, 0.3) is 0 Å². The molecule has 0 saturated carbocycles. The molecule has 1 aromatic heterocycles. The van der Waals surface area contributed by atoms with Crippen LogP contribution in [0.4, 0.5) is 11.4 Å². The predicted molar refractivity (Wildman–Crippen MR) is 105 cm³/mol. The number of pyridine rings is 1. The molecule has 0 fully saturated rings. The highest BCUT2D eigenvalue weighted by atomic mass is 16.2. The molecule has 27 heavy (non-hydrogen) atoms. The molecular weight excluding hydrogens is 344 g/mol. The van der Waals surface area contributed by atoms with E-state index >= 15 is 0 Å². The van der Waals surface area contributed by atoms with E-state index in [2.05, 4.69) is 27.9 Å². The SMILES string of the molecule is CCCCCNC(=O)c1cncc(C(=O)Nc2ccc(NC(C)=O)cc2)c1. The number of nitrogens with one attached hydrogen (secondary N) is 3. The summed E-state index contributed by atoms with van der Waals surface area (Å²) in [7, 11) is 0. The lowest BCUT2D eigenvalue weighted by molar-refractivity contribution is -0.114. The number of carbonyl (C=O) groups excluding carboxylic acids is 3. The fourth-order valence-corrected chi connectivity index (χ4v) is 2.41. The smallest absolute Gasteiger partial charge is 0.257 e. The summed E-state index contributed by atoms with van der Waals surface area (Å²) in [4.78, 5) is 39.6. The second-order valence-corrected chi connectivity index (χ2v) is 6.14. The zero-order chi connectivity index (χ0) is 19.6. The third-order valence-electron chi connectivity index (χ3n) is 3.79. The molecule has 0 aliphatic heterocycles. The highest BCUT2D eigenvalue weighted by Crippen LogP contribution is 2.15. The first kappa shape index (κ1) is 20.1. The van der Waals surface area contributed by atoms with Crippen LogP contribution in [0.3, 0.4) is 0 Å². The first-order valence-corrected chi connectivity index (χ1v) is 8.92. The van der Waals surface area contributed by atoms with E-state index in [-0.39, 0.29) is 17.7 Å². The summed E-state index contributed by atoms with van der Waals surface area (Å²) in [6, 6.07) is 8.26. The molecular formula is C20H24N4O3. The monoisotopic (exact) mass is 368 g/mol. The molecule has 0 aliphatic rings. The summed E-state index contributed by atoms with van der Waals surface area (Å²) in [6.45, 7) is 4.13. The molecule has 1 heterocycles. The van der Waals surface area contributed by atoms with Gasteiger partial charge < -0.3 is 16.0 Å². The fraction of sp³-hybridized carbons (Fsp3) is 0.300. The zero-order valence-electron chi connectivity index (χ0n) is 15.5. The standard InChI is InChI=1S/C20H24N4O3/c1-3-4-5-10-22-19(26)15-11-16(13-21-12-15)20(27)24-18-8-6-17(7-9-18)23-14(2)25/h6-9,11-13H,3-5,10H2,1-2H3,(H,22,26)(H,23,25)(H,24,27). The number of carbonyl (C=O) groups is 3. The molecule has 7 heteroatoms. The Bertz CT molecular complexity index is 803. The summed E-state index contributed by atoms with van der Waals surface area (Å²) >= 11 is 0. The molecule has 2 rings (SSSR count). The molecule has 3 N–H and O–H groups in total. The van der Waals surface area contributed by atoms with E-state index in [9.17, 15) is 14.4 Å². The van der Waals surface area contributed by atoms with E-state index in [0.717, 1.165) is 19.3 Å². The van der Waals surface area contributed by atoms with Gasteiger partial charge in [0.25, 0.3) is 11.8 Å². The van der Waals surface area contributed by atoms with Crippen molar-refractivity contribution in [1.29, 1.82) is 0 Å². The molecule has 0 radical (unpaired) electrons. The number of amides is 3. The van der Waals surface area contributed by atoms with Gasteiger partial charge in [-0.1, -0.05) is 19.8 Å². The number of unbranched alkanes of at least 4 members (excludes halogenated alkanes) is 2. The summed E-state index contributed by atoms with van der Waals surface area (Å²) < 4.78 is 0. The van der Waals surface area contributed by atoms with Gasteiger partial charge in [0, 0.05) is 37.2 Å². The Balaban J connectivity index is 1.98. The van der Waals surface area contributed by atoms with Crippen molar-refractivity contribution in [2.75, 3.05) is 17.2 Å². The van der Waals surface area contributed by atoms with E-state index < -0.39 is 0 Å². The van der Waals surface area contributed by atoms with Crippen molar-refractivity contribution >= 4 is 29.1 Å². The van der Waals surface area contributed by atoms with Crippen molar-refractivity contribution in [3.63, 3.8) is 0 Å². The summed E-state index contributed by atoms with van der Waals surface area (Å²) in [5.74, 6) is -0.772. The van der Waals surface area contributed by atoms with Crippen LogP contribution in [0.2, 0.25) is 0 Å². The minimum absolute atomic E-state index is 0.164. The molecule has 2 aromatic rings. The number of rotatable bonds is 8. The molecule has 0 bridgehead atoms. The van der Waals surface area contributed by atoms with Crippen molar-refractivity contribution in [2.45, 2.75) is 33.1 Å². The number of benzene rings is 1. The van der Waals surface area contributed by atoms with Gasteiger partial charge in [0.05, 0.1) is 11.1 Å². The van der Waals surface area contributed by atoms with E-state index in [1.54, 1.807) is 24.3 Å². The molecule has 0 atom stereocenters. The Labute approximate surface area is 158 Å². The lowest BCUT2D eigenvalue weighted by Crippen LogP contribution is -2.25. The summed E-state index contributed by atoms with van der Waals surface area (Å²) in [5, 5.41) is 8.22. The van der Waals surface area contributed by atoms with E-state index in [1.165, 1.54) is 25.4 Å². The summed E-state index contributed by atoms with van der Waals surface area (Å²) in [5.41, 5.74) is 1.86. The largest absolute Gasteiger partial charge is 0.352 e. The lowest BCUT2D eigenvalue weighted by atomic mass is 10.1. The Hall–Kier alpha value is -3.22. The van der Waals surface area contributed by atoms with Gasteiger partial charge in [-0.3, -0.25) is 19.4 Å². The Morgan fingerprint density at radius 2 is 1.48 bits per heavy atom. The van der Waals surface area contributed by atoms with E-state index in [1.807, 2.05) is 0 Å². The molecule has 3 amide bonds. The van der Waals surface area contributed by atoms with Crippen LogP contribution < -0.4 is 16.0 Å². The maximum Gasteiger partial charge on any atom is 0.257 e. The molecule has 1 aromatic carbocycles. The van der Waals surface area contributed by atoms with Crippen molar-refractivity contribution in [3.05, 3.63) is 53.9 Å². The number of nitrogens with zero attached hydrogens (tertiary/aromatic N) is 1. The minimum atomic E-state index is -0.365. The summed E-state index contributed by atoms with van der Waals surface area (Å²) in [6.07, 6.45) is 5.91. The van der Waals surface area contributed by atoms with Crippen molar-refractivity contribution in [2.24, 2.45) is 0 Å². The number of aromatic nitrogens is 1. The van der Waals surface area contributed by atoms with Crippen LogP contribution in [0.5, 0.6) is 0 Å². The van der Waals surface area contributed by atoms with E-state index in [4.69, 9.17) is 0 Å². The average Bonchev–Trinajstić information content (AvgIpc) is 2.66. The molecule has 7 nitrogen and oxygen atoms in total. The number of hydrogen-bond donors (Lipinski definition) is 3. The van der Waals surface area contributed by atoms with Gasteiger partial charge in [0.2, 0.25) is 5.91 Å². The topological polar surface area (TPSA) is 100 Å². The Morgan fingerprint density at radius 3 is 2.07 bits per heavy atom. The zero-order valence-corrected chi connectivity index (χ0v) is 15.5. The van der Waals surface area contributed by atoms with Crippen LogP contribution in [-0.4, -0.2) is 29.3 Å². The van der Waals surface area contributed by atoms with Crippen LogP contribution in [0.1, 0.15) is 53.8 Å². The van der Waals surface area contributed by atoms with Crippen LogP contribution in [0.15, 0.2) is 42.7 Å². The third kappa shape index (κ3) is 6.54. The molecule has 0 aliphatic carbocycles. The third-order valence-corrected chi connectivity index (χ3v) is 3.79. The maximum absolute atomic E-state index is 12.4. The Kier molecular flexibility index (Phi) is 7.49. The molecule has 0 spiro atoms. The molecule has 0 unspecified atom stereocenters. The lowest BCUT2D eigenvalue weighted by Gasteiger charge is -2.08. The van der Waals surface area contributed by atoms with Crippen molar-refractivity contribution in [1.82, 2.24) is 10.3 Å². The van der Waals surface area contributed by atoms with Crippen molar-refractivity contribution < 1.29 is 14.4 Å². The van der Waals surface area contributed by atoms with Gasteiger partial charge in [-0.05, 0) is 36.8 Å². The van der Waals surface area contributed by atoms with Gasteiger partial charge in [0.15, 0.2) is 0 Å². The van der Waals surface area contributed by atoms with E-state index in [0.29, 0.717) is 29.0 Å². The average molecular weight is 368 g/mol. The minimum Gasteiger partial charge on any atom is -0.352 e. The Morgan fingerprint density at radius 1 is 0.889 bits per heavy atom. The highest BCUT2D eigenvalue weighted by molar-refractivity contribution is 6.06. The van der Waals surface area contributed by atoms with Gasteiger partial charge in [-0.2, -0.15) is 0 Å². The van der Waals surface area contributed by atoms with Crippen LogP contribution in [0, 0.1) is 0 Å². The van der Waals surface area contributed by atoms with Gasteiger partial charge >= 0.3 is 0 Å². The number of anilines is 2. The predicted octanol–water partition coefficient (Wildman–Crippen LogP) is 3.21. The maximum atomic E-state index is 12.4. The van der Waals surface area contributed by atoms with Crippen LogP contribution >= 0.6 is 0 Å². The van der Waals surface area contributed by atoms with Crippen molar-refractivity contribution in [3.8, 4) is 0 Å². The quantitative estimate of drug-likeness (QED) is 0.623. The normalized spacial score (nSPS) is 10.1. The molecule has 0 saturated heterocycles. The van der Waals surface area contributed by atoms with Gasteiger partial charge in [-0.25, -0.2) is 0 Å².